The van der Waals surface area contributed by atoms with Crippen molar-refractivity contribution in [1.29, 1.82) is 0 Å². The number of ether oxygens (including phenoxy) is 1. The summed E-state index contributed by atoms with van der Waals surface area (Å²) in [7, 11) is 0. The number of fused-ring (bicyclic) bond motifs is 1. The number of aryl methyl sites for hydroxylation is 2. The molecule has 0 aliphatic carbocycles. The number of carbonyl (C=O) groups is 2. The van der Waals surface area contributed by atoms with Gasteiger partial charge in [-0.3, -0.25) is 19.7 Å². The van der Waals surface area contributed by atoms with Crippen LogP contribution in [0.4, 0.5) is 11.4 Å². The average Bonchev–Trinajstić information content (AvgIpc) is 2.77. The Morgan fingerprint density at radius 3 is 2.70 bits per heavy atom. The molecule has 0 saturated carbocycles. The van der Waals surface area contributed by atoms with Crippen molar-refractivity contribution in [2.24, 2.45) is 0 Å². The second kappa shape index (κ2) is 11.4. The number of nitrogens with one attached hydrogen (secondary N) is 2. The predicted molar refractivity (Wildman–Crippen MR) is 127 cm³/mol. The molecule has 1 unspecified atom stereocenters. The van der Waals surface area contributed by atoms with E-state index in [1.54, 1.807) is 13.0 Å². The summed E-state index contributed by atoms with van der Waals surface area (Å²) in [5, 5.41) is 17.7. The van der Waals surface area contributed by atoms with Crippen LogP contribution in [-0.4, -0.2) is 29.4 Å². The largest absolute Gasteiger partial charge is 0.493 e. The molecule has 0 saturated heterocycles. The third kappa shape index (κ3) is 6.78. The highest BCUT2D eigenvalue weighted by atomic mass is 16.6. The van der Waals surface area contributed by atoms with E-state index in [1.807, 2.05) is 18.2 Å². The lowest BCUT2D eigenvalue weighted by Crippen LogP contribution is -2.42. The number of nitrogens with zero attached hydrogens (tertiary/aromatic N) is 1. The molecule has 1 aliphatic rings. The van der Waals surface area contributed by atoms with Crippen LogP contribution in [-0.2, 0) is 11.2 Å². The van der Waals surface area contributed by atoms with Crippen LogP contribution in [0.15, 0.2) is 36.4 Å². The first-order valence-electron chi connectivity index (χ1n) is 11.4. The van der Waals surface area contributed by atoms with Crippen LogP contribution < -0.4 is 15.4 Å². The standard InChI is InChI=1S/C25H31N3O5/c1-17-15-20(16-22(28(31)32)25(17)18(2)29)33-14-8-4-3-5-11-24(30)27-23-13-12-19-9-6-7-10-21(19)26-23/h6-7,9-10,15-16,23,26H,3-5,8,11-14H2,1-2H3,(H,27,30). The Morgan fingerprint density at radius 1 is 1.18 bits per heavy atom. The van der Waals surface area contributed by atoms with Gasteiger partial charge in [0, 0.05) is 12.1 Å². The lowest BCUT2D eigenvalue weighted by atomic mass is 10.0. The molecule has 2 N–H and O–H groups in total. The van der Waals surface area contributed by atoms with Gasteiger partial charge in [0.15, 0.2) is 5.78 Å². The van der Waals surface area contributed by atoms with Crippen LogP contribution in [0.2, 0.25) is 0 Å². The van der Waals surface area contributed by atoms with Gasteiger partial charge in [-0.2, -0.15) is 0 Å². The summed E-state index contributed by atoms with van der Waals surface area (Å²) in [6, 6.07) is 11.1. The minimum Gasteiger partial charge on any atom is -0.493 e. The number of ketones is 1. The maximum Gasteiger partial charge on any atom is 0.284 e. The predicted octanol–water partition coefficient (Wildman–Crippen LogP) is 4.94. The summed E-state index contributed by atoms with van der Waals surface area (Å²) in [4.78, 5) is 34.7. The van der Waals surface area contributed by atoms with Crippen molar-refractivity contribution < 1.29 is 19.2 Å². The first-order chi connectivity index (χ1) is 15.8. The molecular formula is C25H31N3O5. The summed E-state index contributed by atoms with van der Waals surface area (Å²) in [6.45, 7) is 3.41. The van der Waals surface area contributed by atoms with E-state index < -0.39 is 4.92 Å². The molecular weight excluding hydrogens is 422 g/mol. The number of hydrogen-bond donors (Lipinski definition) is 2. The molecule has 33 heavy (non-hydrogen) atoms. The number of nitro benzene ring substituents is 1. The molecule has 3 rings (SSSR count). The second-order valence-electron chi connectivity index (χ2n) is 8.42. The van der Waals surface area contributed by atoms with E-state index in [-0.39, 0.29) is 29.1 Å². The minimum atomic E-state index is -0.552. The number of unbranched alkanes of at least 4 members (excludes halogenated alkanes) is 3. The number of hydrogen-bond acceptors (Lipinski definition) is 6. The Morgan fingerprint density at radius 2 is 1.94 bits per heavy atom. The lowest BCUT2D eigenvalue weighted by molar-refractivity contribution is -0.385. The summed E-state index contributed by atoms with van der Waals surface area (Å²) in [5.41, 5.74) is 2.81. The third-order valence-corrected chi connectivity index (χ3v) is 5.79. The first-order valence-corrected chi connectivity index (χ1v) is 11.4. The molecule has 0 radical (unpaired) electrons. The average molecular weight is 454 g/mol. The molecule has 8 heteroatoms. The molecule has 176 valence electrons. The molecule has 2 aromatic carbocycles. The van der Waals surface area contributed by atoms with Crippen LogP contribution in [0.25, 0.3) is 0 Å². The highest BCUT2D eigenvalue weighted by Crippen LogP contribution is 2.29. The molecule has 0 spiro atoms. The number of nitro groups is 1. The molecule has 2 aromatic rings. The zero-order valence-corrected chi connectivity index (χ0v) is 19.2. The Balaban J connectivity index is 1.32. The van der Waals surface area contributed by atoms with Gasteiger partial charge in [-0.1, -0.05) is 31.0 Å². The smallest absolute Gasteiger partial charge is 0.284 e. The van der Waals surface area contributed by atoms with E-state index in [0.717, 1.165) is 44.2 Å². The number of para-hydroxylation sites is 1. The fourth-order valence-electron chi connectivity index (χ4n) is 4.17. The van der Waals surface area contributed by atoms with Gasteiger partial charge in [0.05, 0.1) is 29.3 Å². The van der Waals surface area contributed by atoms with Gasteiger partial charge in [-0.25, -0.2) is 0 Å². The van der Waals surface area contributed by atoms with Gasteiger partial charge >= 0.3 is 0 Å². The van der Waals surface area contributed by atoms with Gasteiger partial charge in [0.25, 0.3) is 5.69 Å². The van der Waals surface area contributed by atoms with Crippen molar-refractivity contribution in [2.45, 2.75) is 65.0 Å². The maximum atomic E-state index is 12.2. The Hall–Kier alpha value is -3.42. The second-order valence-corrected chi connectivity index (χ2v) is 8.42. The number of Topliss-reactive ketones (excluding diaryl/α,β-unsaturated/α-hetero) is 1. The monoisotopic (exact) mass is 453 g/mol. The molecule has 0 bridgehead atoms. The van der Waals surface area contributed by atoms with E-state index in [2.05, 4.69) is 16.7 Å². The lowest BCUT2D eigenvalue weighted by Gasteiger charge is -2.27. The number of amides is 1. The highest BCUT2D eigenvalue weighted by molar-refractivity contribution is 5.99. The number of anilines is 1. The minimum absolute atomic E-state index is 0.0253. The van der Waals surface area contributed by atoms with Crippen LogP contribution in [0.3, 0.4) is 0 Å². The normalized spacial score (nSPS) is 14.7. The quantitative estimate of drug-likeness (QED) is 0.216. The van der Waals surface area contributed by atoms with E-state index >= 15 is 0 Å². The zero-order valence-electron chi connectivity index (χ0n) is 19.2. The molecule has 1 heterocycles. The number of rotatable bonds is 11. The van der Waals surface area contributed by atoms with Crippen LogP contribution in [0.1, 0.15) is 66.9 Å². The molecule has 1 atom stereocenters. The third-order valence-electron chi connectivity index (χ3n) is 5.79. The van der Waals surface area contributed by atoms with Gasteiger partial charge in [0.1, 0.15) is 5.75 Å². The van der Waals surface area contributed by atoms with Crippen LogP contribution in [0, 0.1) is 17.0 Å². The Kier molecular flexibility index (Phi) is 8.40. The number of carbonyl (C=O) groups excluding carboxylic acids is 2. The van der Waals surface area contributed by atoms with Gasteiger partial charge < -0.3 is 15.4 Å². The summed E-state index contributed by atoms with van der Waals surface area (Å²) < 4.78 is 5.67. The molecule has 0 fully saturated rings. The van der Waals surface area contributed by atoms with Crippen molar-refractivity contribution in [2.75, 3.05) is 11.9 Å². The van der Waals surface area contributed by atoms with Gasteiger partial charge in [0.2, 0.25) is 5.91 Å². The van der Waals surface area contributed by atoms with Crippen molar-refractivity contribution in [3.05, 3.63) is 63.2 Å². The van der Waals surface area contributed by atoms with Crippen LogP contribution in [0.5, 0.6) is 5.75 Å². The maximum absolute atomic E-state index is 12.2. The zero-order chi connectivity index (χ0) is 23.8. The topological polar surface area (TPSA) is 111 Å². The fourth-order valence-corrected chi connectivity index (χ4v) is 4.17. The van der Waals surface area contributed by atoms with E-state index in [9.17, 15) is 19.7 Å². The molecule has 8 nitrogen and oxygen atoms in total. The van der Waals surface area contributed by atoms with Crippen molar-refractivity contribution in [1.82, 2.24) is 5.32 Å². The van der Waals surface area contributed by atoms with Crippen LogP contribution >= 0.6 is 0 Å². The Bertz CT molecular complexity index is 1020. The summed E-state index contributed by atoms with van der Waals surface area (Å²) in [6.07, 6.45) is 5.67. The van der Waals surface area contributed by atoms with Gasteiger partial charge in [-0.15, -0.1) is 0 Å². The SMILES string of the molecule is CC(=O)c1c(C)cc(OCCCCCCC(=O)NC2CCc3ccccc3N2)cc1[N+](=O)[O-]. The van der Waals surface area contributed by atoms with Crippen molar-refractivity contribution in [3.8, 4) is 5.75 Å². The van der Waals surface area contributed by atoms with Gasteiger partial charge in [-0.05, 0) is 62.8 Å². The van der Waals surface area contributed by atoms with Crippen molar-refractivity contribution in [3.63, 3.8) is 0 Å². The molecule has 1 aliphatic heterocycles. The first kappa shape index (κ1) is 24.2. The number of benzene rings is 2. The fraction of sp³-hybridized carbons (Fsp3) is 0.440. The summed E-state index contributed by atoms with van der Waals surface area (Å²) in [5.74, 6) is 0.112. The summed E-state index contributed by atoms with van der Waals surface area (Å²) >= 11 is 0. The van der Waals surface area contributed by atoms with E-state index in [0.29, 0.717) is 24.3 Å². The van der Waals surface area contributed by atoms with Crippen molar-refractivity contribution >= 4 is 23.1 Å². The van der Waals surface area contributed by atoms with E-state index in [4.69, 9.17) is 4.74 Å². The highest BCUT2D eigenvalue weighted by Gasteiger charge is 2.22. The Labute approximate surface area is 193 Å². The molecule has 1 amide bonds. The van der Waals surface area contributed by atoms with E-state index in [1.165, 1.54) is 18.6 Å². The molecule has 0 aromatic heterocycles.